The van der Waals surface area contributed by atoms with E-state index in [4.69, 9.17) is 27.2 Å². The molecule has 142 valence electrons. The van der Waals surface area contributed by atoms with Gasteiger partial charge in [0.1, 0.15) is 5.75 Å². The molecule has 1 aliphatic rings. The van der Waals surface area contributed by atoms with Gasteiger partial charge in [0, 0.05) is 5.56 Å². The van der Waals surface area contributed by atoms with Gasteiger partial charge in [-0.1, -0.05) is 42.2 Å². The van der Waals surface area contributed by atoms with Crippen molar-refractivity contribution in [2.75, 3.05) is 11.5 Å². The highest BCUT2D eigenvalue weighted by molar-refractivity contribution is 8.27. The lowest BCUT2D eigenvalue weighted by Gasteiger charge is -2.14. The van der Waals surface area contributed by atoms with Crippen molar-refractivity contribution in [2.45, 2.75) is 0 Å². The summed E-state index contributed by atoms with van der Waals surface area (Å²) in [7, 11) is 0. The maximum absolute atomic E-state index is 12.8. The van der Waals surface area contributed by atoms with Crippen LogP contribution in [0.15, 0.2) is 53.4 Å². The number of aliphatic carboxylic acids is 1. The van der Waals surface area contributed by atoms with Gasteiger partial charge in [0.25, 0.3) is 5.91 Å². The van der Waals surface area contributed by atoms with Crippen molar-refractivity contribution >= 4 is 57.9 Å². The Balaban J connectivity index is 1.87. The second-order valence-electron chi connectivity index (χ2n) is 5.59. The van der Waals surface area contributed by atoms with Gasteiger partial charge in [-0.15, -0.1) is 0 Å². The second-order valence-corrected chi connectivity index (χ2v) is 7.27. The maximum Gasteiger partial charge on any atom is 0.341 e. The molecular formula is C19H13NO6S2. The lowest BCUT2D eigenvalue weighted by molar-refractivity contribution is -0.139. The number of carbonyl (C=O) groups is 3. The average molecular weight is 415 g/mol. The third-order valence-corrected chi connectivity index (χ3v) is 5.03. The SMILES string of the molecule is O=C(O)COc1ccccc1/C=C1\SC(=S)N(c2ccc(C(=O)O)cc2)C1=O. The van der Waals surface area contributed by atoms with Crippen LogP contribution >= 0.6 is 24.0 Å². The number of thiocarbonyl (C=S) groups is 1. The molecule has 0 spiro atoms. The second kappa shape index (κ2) is 8.24. The zero-order valence-corrected chi connectivity index (χ0v) is 15.8. The van der Waals surface area contributed by atoms with Gasteiger partial charge in [0.05, 0.1) is 16.2 Å². The fourth-order valence-corrected chi connectivity index (χ4v) is 3.75. The normalized spacial score (nSPS) is 15.1. The molecule has 0 aliphatic carbocycles. The molecule has 0 atom stereocenters. The van der Waals surface area contributed by atoms with E-state index < -0.39 is 18.5 Å². The van der Waals surface area contributed by atoms with Crippen LogP contribution in [0.2, 0.25) is 0 Å². The lowest BCUT2D eigenvalue weighted by Crippen LogP contribution is -2.27. The summed E-state index contributed by atoms with van der Waals surface area (Å²) in [6, 6.07) is 12.6. The van der Waals surface area contributed by atoms with Gasteiger partial charge in [-0.2, -0.15) is 0 Å². The van der Waals surface area contributed by atoms with Crippen molar-refractivity contribution < 1.29 is 29.3 Å². The number of benzene rings is 2. The van der Waals surface area contributed by atoms with Gasteiger partial charge in [-0.3, -0.25) is 9.69 Å². The molecule has 7 nitrogen and oxygen atoms in total. The predicted molar refractivity (Wildman–Crippen MR) is 109 cm³/mol. The molecule has 1 saturated heterocycles. The zero-order valence-electron chi connectivity index (χ0n) is 14.2. The van der Waals surface area contributed by atoms with Crippen molar-refractivity contribution in [1.29, 1.82) is 0 Å². The summed E-state index contributed by atoms with van der Waals surface area (Å²) in [5.41, 5.74) is 1.12. The summed E-state index contributed by atoms with van der Waals surface area (Å²) in [4.78, 5) is 36.2. The highest BCUT2D eigenvalue weighted by Crippen LogP contribution is 2.37. The van der Waals surface area contributed by atoms with Gasteiger partial charge in [0.2, 0.25) is 0 Å². The number of carboxylic acid groups (broad SMARTS) is 2. The number of aromatic carboxylic acids is 1. The van der Waals surface area contributed by atoms with Gasteiger partial charge in [-0.05, 0) is 36.4 Å². The Morgan fingerprint density at radius 3 is 2.43 bits per heavy atom. The summed E-state index contributed by atoms with van der Waals surface area (Å²) in [6.45, 7) is -0.498. The molecule has 0 radical (unpaired) electrons. The standard InChI is InChI=1S/C19H13NO6S2/c21-16(22)10-26-14-4-2-1-3-12(14)9-15-17(23)20(19(27)28-15)13-7-5-11(6-8-13)18(24)25/h1-9H,10H2,(H,21,22)(H,24,25)/b15-9-. The van der Waals surface area contributed by atoms with E-state index in [9.17, 15) is 14.4 Å². The number of nitrogens with zero attached hydrogens (tertiary/aromatic N) is 1. The Hall–Kier alpha value is -3.17. The monoisotopic (exact) mass is 415 g/mol. The molecule has 2 aromatic rings. The number of hydrogen-bond donors (Lipinski definition) is 2. The van der Waals surface area contributed by atoms with Crippen LogP contribution in [0.5, 0.6) is 5.75 Å². The van der Waals surface area contributed by atoms with Gasteiger partial charge in [-0.25, -0.2) is 9.59 Å². The summed E-state index contributed by atoms with van der Waals surface area (Å²) in [5.74, 6) is -2.19. The number of rotatable bonds is 6. The van der Waals surface area contributed by atoms with E-state index in [0.29, 0.717) is 26.2 Å². The average Bonchev–Trinajstić information content (AvgIpc) is 2.94. The van der Waals surface area contributed by atoms with E-state index in [1.54, 1.807) is 30.3 Å². The van der Waals surface area contributed by atoms with E-state index >= 15 is 0 Å². The lowest BCUT2D eigenvalue weighted by atomic mass is 10.1. The number of hydrogen-bond acceptors (Lipinski definition) is 6. The van der Waals surface area contributed by atoms with Crippen molar-refractivity contribution in [3.63, 3.8) is 0 Å². The summed E-state index contributed by atoms with van der Waals surface area (Å²) in [5, 5.41) is 17.8. The number of carbonyl (C=O) groups excluding carboxylic acids is 1. The molecule has 1 heterocycles. The molecule has 1 fully saturated rings. The van der Waals surface area contributed by atoms with E-state index in [1.165, 1.54) is 29.2 Å². The highest BCUT2D eigenvalue weighted by Gasteiger charge is 2.33. The van der Waals surface area contributed by atoms with Crippen molar-refractivity contribution in [2.24, 2.45) is 0 Å². The first-order valence-electron chi connectivity index (χ1n) is 7.92. The van der Waals surface area contributed by atoms with E-state index in [-0.39, 0.29) is 11.5 Å². The minimum Gasteiger partial charge on any atom is -0.481 e. The number of para-hydroxylation sites is 1. The smallest absolute Gasteiger partial charge is 0.341 e. The maximum atomic E-state index is 12.8. The molecule has 0 aromatic heterocycles. The fraction of sp³-hybridized carbons (Fsp3) is 0.0526. The minimum absolute atomic E-state index is 0.106. The fourth-order valence-electron chi connectivity index (χ4n) is 2.46. The Labute approximate surface area is 169 Å². The first-order valence-corrected chi connectivity index (χ1v) is 9.14. The predicted octanol–water partition coefficient (Wildman–Crippen LogP) is 3.25. The van der Waals surface area contributed by atoms with Crippen molar-refractivity contribution in [1.82, 2.24) is 0 Å². The van der Waals surface area contributed by atoms with Crippen LogP contribution in [0.3, 0.4) is 0 Å². The topological polar surface area (TPSA) is 104 Å². The van der Waals surface area contributed by atoms with Crippen LogP contribution in [0.4, 0.5) is 5.69 Å². The largest absolute Gasteiger partial charge is 0.481 e. The number of ether oxygens (including phenoxy) is 1. The Morgan fingerprint density at radius 2 is 1.79 bits per heavy atom. The van der Waals surface area contributed by atoms with Gasteiger partial charge >= 0.3 is 11.9 Å². The molecule has 1 aliphatic heterocycles. The minimum atomic E-state index is -1.11. The van der Waals surface area contributed by atoms with E-state index in [0.717, 1.165) is 11.8 Å². The highest BCUT2D eigenvalue weighted by atomic mass is 32.2. The number of thioether (sulfide) groups is 1. The van der Waals surface area contributed by atoms with Gasteiger partial charge in [0.15, 0.2) is 10.9 Å². The van der Waals surface area contributed by atoms with Crippen LogP contribution in [-0.2, 0) is 9.59 Å². The van der Waals surface area contributed by atoms with Crippen LogP contribution in [0, 0.1) is 0 Å². The van der Waals surface area contributed by atoms with Crippen molar-refractivity contribution in [3.05, 3.63) is 64.6 Å². The molecule has 2 N–H and O–H groups in total. The van der Waals surface area contributed by atoms with Crippen LogP contribution in [0.25, 0.3) is 6.08 Å². The molecule has 1 amide bonds. The zero-order chi connectivity index (χ0) is 20.3. The number of amides is 1. The number of carboxylic acids is 2. The Kier molecular flexibility index (Phi) is 5.76. The molecule has 3 rings (SSSR count). The molecule has 0 bridgehead atoms. The van der Waals surface area contributed by atoms with Crippen LogP contribution < -0.4 is 9.64 Å². The summed E-state index contributed by atoms with van der Waals surface area (Å²) < 4.78 is 5.56. The Morgan fingerprint density at radius 1 is 1.11 bits per heavy atom. The number of anilines is 1. The van der Waals surface area contributed by atoms with Crippen LogP contribution in [0.1, 0.15) is 15.9 Å². The quantitative estimate of drug-likeness (QED) is 0.547. The first kappa shape index (κ1) is 19.6. The third-order valence-electron chi connectivity index (χ3n) is 3.72. The van der Waals surface area contributed by atoms with Crippen LogP contribution in [-0.4, -0.2) is 39.0 Å². The van der Waals surface area contributed by atoms with E-state index in [2.05, 4.69) is 0 Å². The molecule has 9 heteroatoms. The van der Waals surface area contributed by atoms with Gasteiger partial charge < -0.3 is 14.9 Å². The third kappa shape index (κ3) is 4.21. The molecule has 28 heavy (non-hydrogen) atoms. The van der Waals surface area contributed by atoms with E-state index in [1.807, 2.05) is 0 Å². The molecule has 2 aromatic carbocycles. The molecule has 0 unspecified atom stereocenters. The van der Waals surface area contributed by atoms with Crippen molar-refractivity contribution in [3.8, 4) is 5.75 Å². The first-order chi connectivity index (χ1) is 13.4. The molecular weight excluding hydrogens is 402 g/mol. The molecule has 0 saturated carbocycles. The Bertz CT molecular complexity index is 1000. The summed E-state index contributed by atoms with van der Waals surface area (Å²) in [6.07, 6.45) is 1.59. The summed E-state index contributed by atoms with van der Waals surface area (Å²) >= 11 is 6.39.